The van der Waals surface area contributed by atoms with E-state index < -0.39 is 0 Å². The Balaban J connectivity index is 2.90. The Labute approximate surface area is 77.6 Å². The first-order chi connectivity index (χ1) is 5.27. The number of aryl methyl sites for hydroxylation is 1. The molecule has 0 radical (unpaired) electrons. The van der Waals surface area contributed by atoms with Crippen molar-refractivity contribution < 1.29 is 0 Å². The SMILES string of the molecule is Cc1nccc2nc(I)cn12. The number of rotatable bonds is 0. The van der Waals surface area contributed by atoms with Crippen LogP contribution in [0, 0.1) is 10.6 Å². The van der Waals surface area contributed by atoms with Gasteiger partial charge in [-0.3, -0.25) is 4.40 Å². The van der Waals surface area contributed by atoms with Gasteiger partial charge in [-0.25, -0.2) is 9.97 Å². The van der Waals surface area contributed by atoms with Crippen LogP contribution in [0.2, 0.25) is 0 Å². The third-order valence-corrected chi connectivity index (χ3v) is 2.06. The van der Waals surface area contributed by atoms with E-state index in [-0.39, 0.29) is 0 Å². The highest BCUT2D eigenvalue weighted by Crippen LogP contribution is 2.07. The predicted octanol–water partition coefficient (Wildman–Crippen LogP) is 1.64. The van der Waals surface area contributed by atoms with Crippen molar-refractivity contribution in [3.8, 4) is 0 Å². The number of imidazole rings is 1. The minimum Gasteiger partial charge on any atom is -0.287 e. The maximum Gasteiger partial charge on any atom is 0.140 e. The molecule has 2 rings (SSSR count). The van der Waals surface area contributed by atoms with E-state index in [9.17, 15) is 0 Å². The molecule has 0 spiro atoms. The van der Waals surface area contributed by atoms with E-state index in [2.05, 4.69) is 32.6 Å². The second kappa shape index (κ2) is 2.44. The lowest BCUT2D eigenvalue weighted by Gasteiger charge is -1.94. The molecule has 0 amide bonds. The molecule has 0 fully saturated rings. The lowest BCUT2D eigenvalue weighted by atomic mass is 10.5. The zero-order valence-electron chi connectivity index (χ0n) is 5.95. The Hall–Kier alpha value is -0.650. The van der Waals surface area contributed by atoms with Crippen LogP contribution in [0.15, 0.2) is 18.5 Å². The molecule has 0 saturated carbocycles. The van der Waals surface area contributed by atoms with Gasteiger partial charge in [-0.05, 0) is 35.6 Å². The molecule has 0 N–H and O–H groups in total. The molecule has 4 heteroatoms. The Morgan fingerprint density at radius 1 is 1.55 bits per heavy atom. The summed E-state index contributed by atoms with van der Waals surface area (Å²) in [5.41, 5.74) is 0.960. The first-order valence-electron chi connectivity index (χ1n) is 3.23. The van der Waals surface area contributed by atoms with Crippen molar-refractivity contribution in [2.24, 2.45) is 0 Å². The van der Waals surface area contributed by atoms with Gasteiger partial charge in [0.15, 0.2) is 0 Å². The van der Waals surface area contributed by atoms with E-state index in [4.69, 9.17) is 0 Å². The smallest absolute Gasteiger partial charge is 0.140 e. The lowest BCUT2D eigenvalue weighted by molar-refractivity contribution is 0.988. The van der Waals surface area contributed by atoms with E-state index in [0.29, 0.717) is 0 Å². The highest BCUT2D eigenvalue weighted by atomic mass is 127. The van der Waals surface area contributed by atoms with Gasteiger partial charge in [-0.15, -0.1) is 0 Å². The highest BCUT2D eigenvalue weighted by molar-refractivity contribution is 14.1. The van der Waals surface area contributed by atoms with Crippen molar-refractivity contribution in [1.82, 2.24) is 14.4 Å². The van der Waals surface area contributed by atoms with Crippen molar-refractivity contribution in [3.05, 3.63) is 28.0 Å². The predicted molar refractivity (Wildman–Crippen MR) is 50.4 cm³/mol. The Kier molecular flexibility index (Phi) is 1.56. The van der Waals surface area contributed by atoms with Gasteiger partial charge >= 0.3 is 0 Å². The largest absolute Gasteiger partial charge is 0.287 e. The first kappa shape index (κ1) is 7.02. The van der Waals surface area contributed by atoms with Gasteiger partial charge in [0.2, 0.25) is 0 Å². The molecule has 0 atom stereocenters. The van der Waals surface area contributed by atoms with Crippen molar-refractivity contribution >= 4 is 28.2 Å². The summed E-state index contributed by atoms with van der Waals surface area (Å²) in [5.74, 6) is 0.970. The Morgan fingerprint density at radius 3 is 3.09 bits per heavy atom. The molecule has 0 saturated heterocycles. The minimum absolute atomic E-state index is 0.960. The van der Waals surface area contributed by atoms with Crippen molar-refractivity contribution in [2.75, 3.05) is 0 Å². The molecule has 56 valence electrons. The van der Waals surface area contributed by atoms with Crippen LogP contribution in [0.3, 0.4) is 0 Å². The summed E-state index contributed by atoms with van der Waals surface area (Å²) in [6, 6.07) is 1.90. The molecule has 2 heterocycles. The fourth-order valence-corrected chi connectivity index (χ4v) is 1.54. The average molecular weight is 259 g/mol. The van der Waals surface area contributed by atoms with E-state index in [1.54, 1.807) is 6.20 Å². The molecule has 2 aromatic rings. The number of halogens is 1. The molecular weight excluding hydrogens is 253 g/mol. The minimum atomic E-state index is 0.960. The van der Waals surface area contributed by atoms with Gasteiger partial charge < -0.3 is 0 Å². The number of nitrogens with zero attached hydrogens (tertiary/aromatic N) is 3. The van der Waals surface area contributed by atoms with Gasteiger partial charge in [-0.2, -0.15) is 0 Å². The van der Waals surface area contributed by atoms with E-state index in [1.165, 1.54) is 0 Å². The van der Waals surface area contributed by atoms with Gasteiger partial charge in [0.05, 0.1) is 0 Å². The zero-order chi connectivity index (χ0) is 7.84. The highest BCUT2D eigenvalue weighted by Gasteiger charge is 1.98. The summed E-state index contributed by atoms with van der Waals surface area (Å²) < 4.78 is 2.97. The summed E-state index contributed by atoms with van der Waals surface area (Å²) in [6.07, 6.45) is 3.74. The third-order valence-electron chi connectivity index (χ3n) is 1.54. The van der Waals surface area contributed by atoms with Gasteiger partial charge in [0.1, 0.15) is 15.2 Å². The maximum absolute atomic E-state index is 4.28. The molecule has 0 aliphatic heterocycles. The van der Waals surface area contributed by atoms with E-state index >= 15 is 0 Å². The second-order valence-corrected chi connectivity index (χ2v) is 3.39. The molecule has 0 aliphatic carbocycles. The van der Waals surface area contributed by atoms with E-state index in [1.807, 2.05) is 23.6 Å². The first-order valence-corrected chi connectivity index (χ1v) is 4.31. The summed E-state index contributed by atoms with van der Waals surface area (Å²) in [6.45, 7) is 1.96. The number of aromatic nitrogens is 3. The molecule has 11 heavy (non-hydrogen) atoms. The standard InChI is InChI=1S/C7H6IN3/c1-5-9-3-2-7-10-6(8)4-11(5)7/h2-4H,1H3. The number of hydrogen-bond donors (Lipinski definition) is 0. The van der Waals surface area contributed by atoms with Crippen LogP contribution >= 0.6 is 22.6 Å². The molecular formula is C7H6IN3. The lowest BCUT2D eigenvalue weighted by Crippen LogP contribution is -1.91. The second-order valence-electron chi connectivity index (χ2n) is 2.28. The summed E-state index contributed by atoms with van der Waals surface area (Å²) in [7, 11) is 0. The van der Waals surface area contributed by atoms with Crippen molar-refractivity contribution in [2.45, 2.75) is 6.92 Å². The van der Waals surface area contributed by atoms with Crippen LogP contribution < -0.4 is 0 Å². The average Bonchev–Trinajstić information content (AvgIpc) is 2.31. The Bertz CT molecular complexity index is 393. The summed E-state index contributed by atoms with van der Waals surface area (Å²) in [5, 5.41) is 0. The molecule has 0 aliphatic rings. The van der Waals surface area contributed by atoms with Crippen LogP contribution in [0.5, 0.6) is 0 Å². The number of hydrogen-bond acceptors (Lipinski definition) is 2. The van der Waals surface area contributed by atoms with Gasteiger partial charge in [-0.1, -0.05) is 0 Å². The molecule has 0 bridgehead atoms. The normalized spacial score (nSPS) is 10.7. The number of fused-ring (bicyclic) bond motifs is 1. The maximum atomic E-state index is 4.28. The quantitative estimate of drug-likeness (QED) is 0.673. The van der Waals surface area contributed by atoms with Crippen LogP contribution in [-0.4, -0.2) is 14.4 Å². The van der Waals surface area contributed by atoms with Crippen molar-refractivity contribution in [3.63, 3.8) is 0 Å². The molecule has 0 aromatic carbocycles. The monoisotopic (exact) mass is 259 g/mol. The van der Waals surface area contributed by atoms with Gasteiger partial charge in [0, 0.05) is 12.4 Å². The topological polar surface area (TPSA) is 30.2 Å². The van der Waals surface area contributed by atoms with Crippen LogP contribution in [0.4, 0.5) is 0 Å². The van der Waals surface area contributed by atoms with Crippen molar-refractivity contribution in [1.29, 1.82) is 0 Å². The van der Waals surface area contributed by atoms with Crippen LogP contribution in [0.1, 0.15) is 5.82 Å². The summed E-state index contributed by atoms with van der Waals surface area (Å²) in [4.78, 5) is 8.42. The molecule has 3 nitrogen and oxygen atoms in total. The fraction of sp³-hybridized carbons (Fsp3) is 0.143. The fourth-order valence-electron chi connectivity index (χ4n) is 1.02. The zero-order valence-corrected chi connectivity index (χ0v) is 8.11. The molecule has 0 unspecified atom stereocenters. The van der Waals surface area contributed by atoms with Gasteiger partial charge in [0.25, 0.3) is 0 Å². The Morgan fingerprint density at radius 2 is 2.36 bits per heavy atom. The van der Waals surface area contributed by atoms with Crippen LogP contribution in [-0.2, 0) is 0 Å². The van der Waals surface area contributed by atoms with Crippen LogP contribution in [0.25, 0.3) is 5.65 Å². The van der Waals surface area contributed by atoms with E-state index in [0.717, 1.165) is 15.2 Å². The summed E-state index contributed by atoms with van der Waals surface area (Å²) >= 11 is 2.19. The molecule has 2 aromatic heterocycles. The third kappa shape index (κ3) is 1.11.